The van der Waals surface area contributed by atoms with Gasteiger partial charge in [-0.3, -0.25) is 0 Å². The van der Waals surface area contributed by atoms with Crippen LogP contribution in [0.4, 0.5) is 29.1 Å². The van der Waals surface area contributed by atoms with Gasteiger partial charge in [0, 0.05) is 32.7 Å². The molecule has 1 aliphatic carbocycles. The van der Waals surface area contributed by atoms with Crippen LogP contribution in [0.3, 0.4) is 0 Å². The summed E-state index contributed by atoms with van der Waals surface area (Å²) in [6.45, 7) is 6.75. The monoisotopic (exact) mass is 454 g/mol. The van der Waals surface area contributed by atoms with Gasteiger partial charge in [-0.25, -0.2) is 9.97 Å². The first-order valence-corrected chi connectivity index (χ1v) is 11.3. The van der Waals surface area contributed by atoms with E-state index in [1.54, 1.807) is 13.2 Å². The summed E-state index contributed by atoms with van der Waals surface area (Å²) >= 11 is 6.48. The number of hydrogen-bond donors (Lipinski definition) is 3. The molecule has 168 valence electrons. The van der Waals surface area contributed by atoms with Gasteiger partial charge in [0.2, 0.25) is 5.95 Å². The summed E-state index contributed by atoms with van der Waals surface area (Å²) in [7, 11) is 1.78. The third-order valence-electron chi connectivity index (χ3n) is 5.73. The van der Waals surface area contributed by atoms with E-state index in [2.05, 4.69) is 47.9 Å². The molecule has 32 heavy (non-hydrogen) atoms. The zero-order valence-corrected chi connectivity index (χ0v) is 19.2. The van der Waals surface area contributed by atoms with Crippen molar-refractivity contribution in [3.05, 3.63) is 34.7 Å². The molecule has 4 heterocycles. The lowest BCUT2D eigenvalue weighted by Gasteiger charge is -2.34. The van der Waals surface area contributed by atoms with Gasteiger partial charge in [-0.2, -0.15) is 14.9 Å². The van der Waals surface area contributed by atoms with Gasteiger partial charge in [0.25, 0.3) is 0 Å². The molecule has 0 spiro atoms. The Balaban J connectivity index is 1.46. The summed E-state index contributed by atoms with van der Waals surface area (Å²) in [5, 5.41) is 19.3. The average Bonchev–Trinajstić information content (AvgIpc) is 3.52. The summed E-state index contributed by atoms with van der Waals surface area (Å²) in [6, 6.07) is 2.39. The zero-order chi connectivity index (χ0) is 22.2. The summed E-state index contributed by atoms with van der Waals surface area (Å²) in [4.78, 5) is 17.7. The largest absolute Gasteiger partial charge is 0.364 e. The molecule has 5 rings (SSSR count). The summed E-state index contributed by atoms with van der Waals surface area (Å²) in [5.74, 6) is 2.97. The number of halogens is 1. The minimum Gasteiger partial charge on any atom is -0.364 e. The first-order valence-electron chi connectivity index (χ1n) is 10.9. The average molecular weight is 455 g/mol. The van der Waals surface area contributed by atoms with Crippen LogP contribution in [0.1, 0.15) is 36.9 Å². The molecule has 2 fully saturated rings. The van der Waals surface area contributed by atoms with Crippen molar-refractivity contribution in [2.24, 2.45) is 7.05 Å². The molecule has 1 atom stereocenters. The normalized spacial score (nSPS) is 18.6. The number of hydrogen-bond acceptors (Lipinski definition) is 9. The molecule has 1 saturated carbocycles. The number of aryl methyl sites for hydroxylation is 2. The highest BCUT2D eigenvalue weighted by atomic mass is 35.5. The molecule has 10 nitrogen and oxygen atoms in total. The molecular formula is C21H27ClN10. The van der Waals surface area contributed by atoms with Crippen molar-refractivity contribution >= 4 is 40.7 Å². The summed E-state index contributed by atoms with van der Waals surface area (Å²) < 4.78 is 0. The van der Waals surface area contributed by atoms with Gasteiger partial charge in [-0.05, 0) is 44.2 Å². The summed E-state index contributed by atoms with van der Waals surface area (Å²) in [6.07, 6.45) is 5.86. The van der Waals surface area contributed by atoms with Crippen molar-refractivity contribution in [1.29, 1.82) is 0 Å². The molecule has 11 heteroatoms. The topological polar surface area (TPSA) is 109 Å². The number of piperazine rings is 1. The van der Waals surface area contributed by atoms with E-state index in [-0.39, 0.29) is 0 Å². The Kier molecular flexibility index (Phi) is 5.56. The number of anilines is 5. The Morgan fingerprint density at radius 2 is 2.00 bits per heavy atom. The van der Waals surface area contributed by atoms with Crippen molar-refractivity contribution in [3.8, 4) is 0 Å². The number of nitrogens with one attached hydrogen (secondary N) is 3. The van der Waals surface area contributed by atoms with E-state index in [0.717, 1.165) is 41.6 Å². The van der Waals surface area contributed by atoms with Crippen LogP contribution >= 0.6 is 11.6 Å². The van der Waals surface area contributed by atoms with Gasteiger partial charge in [0.05, 0.1) is 28.8 Å². The van der Waals surface area contributed by atoms with E-state index in [9.17, 15) is 0 Å². The summed E-state index contributed by atoms with van der Waals surface area (Å²) in [5.41, 5.74) is 2.88. The van der Waals surface area contributed by atoms with Crippen molar-refractivity contribution in [2.75, 3.05) is 35.2 Å². The van der Waals surface area contributed by atoms with Crippen LogP contribution in [0.25, 0.3) is 0 Å². The molecule has 3 aromatic heterocycles. The minimum atomic E-state index is 0.382. The Morgan fingerprint density at radius 1 is 1.16 bits per heavy atom. The fraction of sp³-hybridized carbons (Fsp3) is 0.476. The number of pyridine rings is 1. The highest BCUT2D eigenvalue weighted by Gasteiger charge is 2.27. The SMILES string of the molecule is Cc1nc(Nc2ncc(N3CCN[C@H](C)C3)c(Nc3cnn(C)n3)n2)cc(C2CC2)c1Cl. The van der Waals surface area contributed by atoms with E-state index in [0.29, 0.717) is 35.4 Å². The van der Waals surface area contributed by atoms with E-state index in [4.69, 9.17) is 16.6 Å². The Hall–Kier alpha value is -2.98. The van der Waals surface area contributed by atoms with Crippen LogP contribution in [0, 0.1) is 6.92 Å². The molecule has 2 aliphatic rings. The van der Waals surface area contributed by atoms with E-state index >= 15 is 0 Å². The maximum atomic E-state index is 6.48. The number of rotatable bonds is 6. The molecule has 0 unspecified atom stereocenters. The van der Waals surface area contributed by atoms with Gasteiger partial charge >= 0.3 is 0 Å². The van der Waals surface area contributed by atoms with Crippen LogP contribution in [0.5, 0.6) is 0 Å². The van der Waals surface area contributed by atoms with Crippen LogP contribution in [0.15, 0.2) is 18.5 Å². The van der Waals surface area contributed by atoms with Gasteiger partial charge < -0.3 is 20.9 Å². The molecule has 0 aromatic carbocycles. The number of aromatic nitrogens is 6. The van der Waals surface area contributed by atoms with Crippen molar-refractivity contribution in [3.63, 3.8) is 0 Å². The predicted molar refractivity (Wildman–Crippen MR) is 125 cm³/mol. The molecule has 1 aliphatic heterocycles. The molecule has 0 bridgehead atoms. The van der Waals surface area contributed by atoms with Crippen LogP contribution in [0.2, 0.25) is 5.02 Å². The van der Waals surface area contributed by atoms with E-state index in [1.807, 2.05) is 19.2 Å². The van der Waals surface area contributed by atoms with Gasteiger partial charge in [0.15, 0.2) is 11.6 Å². The molecule has 3 N–H and O–H groups in total. The fourth-order valence-corrected chi connectivity index (χ4v) is 4.24. The highest BCUT2D eigenvalue weighted by molar-refractivity contribution is 6.32. The van der Waals surface area contributed by atoms with Gasteiger partial charge in [0.1, 0.15) is 5.82 Å². The molecular weight excluding hydrogens is 428 g/mol. The smallest absolute Gasteiger partial charge is 0.230 e. The Labute approximate surface area is 191 Å². The second kappa shape index (κ2) is 8.51. The maximum Gasteiger partial charge on any atom is 0.230 e. The first-order chi connectivity index (χ1) is 15.5. The van der Waals surface area contributed by atoms with Crippen molar-refractivity contribution in [1.82, 2.24) is 35.3 Å². The van der Waals surface area contributed by atoms with E-state index < -0.39 is 0 Å². The van der Waals surface area contributed by atoms with E-state index in [1.165, 1.54) is 17.6 Å². The first kappa shape index (κ1) is 20.9. The van der Waals surface area contributed by atoms with Crippen LogP contribution in [-0.2, 0) is 7.05 Å². The maximum absolute atomic E-state index is 6.48. The minimum absolute atomic E-state index is 0.382. The standard InChI is InChI=1S/C21H27ClN10/c1-12-11-32(7-6-23-12)16-9-24-21(29-20(16)27-18-10-25-31(3)30-18)28-17-8-15(14-4-5-14)19(22)13(2)26-17/h8-10,12,14,23H,4-7,11H2,1-3H3,(H2,24,26,27,28,29,30)/t12-/m1/s1. The second-order valence-corrected chi connectivity index (χ2v) is 8.85. The van der Waals surface area contributed by atoms with Crippen LogP contribution in [-0.4, -0.2) is 55.6 Å². The molecule has 0 amide bonds. The highest BCUT2D eigenvalue weighted by Crippen LogP contribution is 2.44. The Morgan fingerprint density at radius 3 is 2.72 bits per heavy atom. The van der Waals surface area contributed by atoms with Crippen molar-refractivity contribution < 1.29 is 0 Å². The van der Waals surface area contributed by atoms with Gasteiger partial charge in [-0.15, -0.1) is 5.10 Å². The number of nitrogens with zero attached hydrogens (tertiary/aromatic N) is 7. The van der Waals surface area contributed by atoms with Crippen LogP contribution < -0.4 is 20.9 Å². The quantitative estimate of drug-likeness (QED) is 0.517. The Bertz CT molecular complexity index is 1130. The fourth-order valence-electron chi connectivity index (χ4n) is 3.99. The lowest BCUT2D eigenvalue weighted by atomic mass is 10.1. The predicted octanol–water partition coefficient (Wildman–Crippen LogP) is 3.12. The lowest BCUT2D eigenvalue weighted by molar-refractivity contribution is 0.484. The molecule has 3 aromatic rings. The zero-order valence-electron chi connectivity index (χ0n) is 18.4. The van der Waals surface area contributed by atoms with Crippen molar-refractivity contribution in [2.45, 2.75) is 38.6 Å². The molecule has 0 radical (unpaired) electrons. The third-order valence-corrected chi connectivity index (χ3v) is 6.23. The van der Waals surface area contributed by atoms with Gasteiger partial charge in [-0.1, -0.05) is 11.6 Å². The second-order valence-electron chi connectivity index (χ2n) is 8.47. The lowest BCUT2D eigenvalue weighted by Crippen LogP contribution is -2.49. The molecule has 1 saturated heterocycles. The third kappa shape index (κ3) is 4.46.